The van der Waals surface area contributed by atoms with Crippen LogP contribution >= 0.6 is 22.6 Å². The average molecular weight is 344 g/mol. The van der Waals surface area contributed by atoms with Crippen molar-refractivity contribution >= 4 is 40.1 Å². The second-order valence-corrected chi connectivity index (χ2v) is 5.21. The summed E-state index contributed by atoms with van der Waals surface area (Å²) in [5.74, 6) is -0.978. The smallest absolute Gasteiger partial charge is 0.313 e. The molecule has 0 unspecified atom stereocenters. The lowest BCUT2D eigenvalue weighted by Gasteiger charge is -2.14. The summed E-state index contributed by atoms with van der Waals surface area (Å²) in [4.78, 5) is 25.0. The van der Waals surface area contributed by atoms with Crippen LogP contribution in [-0.4, -0.2) is 29.8 Å². The highest BCUT2D eigenvalue weighted by Crippen LogP contribution is 2.12. The first kappa shape index (κ1) is 12.3. The minimum atomic E-state index is -0.548. The largest absolute Gasteiger partial charge is 0.334 e. The van der Waals surface area contributed by atoms with Gasteiger partial charge in [-0.2, -0.15) is 0 Å². The summed E-state index contributed by atoms with van der Waals surface area (Å²) < 4.78 is 1.09. The lowest BCUT2D eigenvalue weighted by atomic mass is 10.3. The van der Waals surface area contributed by atoms with E-state index in [2.05, 4.69) is 27.9 Å². The van der Waals surface area contributed by atoms with Crippen molar-refractivity contribution in [2.24, 2.45) is 0 Å². The normalized spacial score (nSPS) is 14.8. The van der Waals surface area contributed by atoms with Gasteiger partial charge in [0.1, 0.15) is 0 Å². The van der Waals surface area contributed by atoms with Crippen molar-refractivity contribution in [2.75, 3.05) is 18.4 Å². The quantitative estimate of drug-likeness (QED) is 0.625. The summed E-state index contributed by atoms with van der Waals surface area (Å²) in [5, 5.41) is 2.61. The monoisotopic (exact) mass is 344 g/mol. The maximum atomic E-state index is 11.7. The number of rotatable bonds is 1. The van der Waals surface area contributed by atoms with Crippen LogP contribution in [0.25, 0.3) is 0 Å². The van der Waals surface area contributed by atoms with E-state index in [1.165, 1.54) is 0 Å². The van der Waals surface area contributed by atoms with Gasteiger partial charge in [0.25, 0.3) is 0 Å². The third kappa shape index (κ3) is 3.18. The molecule has 1 fully saturated rings. The molecule has 1 heterocycles. The number of hydrogen-bond acceptors (Lipinski definition) is 2. The van der Waals surface area contributed by atoms with E-state index in [0.29, 0.717) is 18.8 Å². The fourth-order valence-corrected chi connectivity index (χ4v) is 2.14. The van der Waals surface area contributed by atoms with Gasteiger partial charge in [0.2, 0.25) is 0 Å². The van der Waals surface area contributed by atoms with Gasteiger partial charge in [0.05, 0.1) is 0 Å². The van der Waals surface area contributed by atoms with Crippen LogP contribution in [-0.2, 0) is 9.59 Å². The summed E-state index contributed by atoms with van der Waals surface area (Å²) in [6.45, 7) is 1.39. The molecule has 0 aromatic heterocycles. The van der Waals surface area contributed by atoms with Gasteiger partial charge >= 0.3 is 11.8 Å². The topological polar surface area (TPSA) is 49.4 Å². The van der Waals surface area contributed by atoms with Crippen molar-refractivity contribution in [2.45, 2.75) is 12.8 Å². The van der Waals surface area contributed by atoms with E-state index in [1.807, 2.05) is 12.1 Å². The molecular formula is C12H13IN2O2. The van der Waals surface area contributed by atoms with Gasteiger partial charge in [-0.1, -0.05) is 0 Å². The number of carbonyl (C=O) groups is 2. The predicted octanol–water partition coefficient (Wildman–Crippen LogP) is 1.85. The van der Waals surface area contributed by atoms with Crippen molar-refractivity contribution in [3.05, 3.63) is 27.8 Å². The maximum Gasteiger partial charge on any atom is 0.313 e. The van der Waals surface area contributed by atoms with Crippen molar-refractivity contribution < 1.29 is 9.59 Å². The highest BCUT2D eigenvalue weighted by atomic mass is 127. The van der Waals surface area contributed by atoms with Gasteiger partial charge in [0.15, 0.2) is 0 Å². The molecule has 0 spiro atoms. The third-order valence-electron chi connectivity index (χ3n) is 2.69. The molecule has 1 aromatic rings. The molecule has 4 nitrogen and oxygen atoms in total. The van der Waals surface area contributed by atoms with Crippen LogP contribution in [0.4, 0.5) is 5.69 Å². The Balaban J connectivity index is 1.96. The molecule has 90 valence electrons. The van der Waals surface area contributed by atoms with E-state index >= 15 is 0 Å². The molecule has 1 N–H and O–H groups in total. The van der Waals surface area contributed by atoms with Gasteiger partial charge in [-0.3, -0.25) is 9.59 Å². The van der Waals surface area contributed by atoms with E-state index in [0.717, 1.165) is 16.4 Å². The van der Waals surface area contributed by atoms with E-state index in [9.17, 15) is 9.59 Å². The number of anilines is 1. The van der Waals surface area contributed by atoms with Gasteiger partial charge in [0, 0.05) is 22.3 Å². The van der Waals surface area contributed by atoms with E-state index in [-0.39, 0.29) is 0 Å². The number of halogens is 1. The summed E-state index contributed by atoms with van der Waals surface area (Å²) in [6, 6.07) is 7.35. The molecule has 5 heteroatoms. The number of hydrogen-bond donors (Lipinski definition) is 1. The first-order valence-corrected chi connectivity index (χ1v) is 6.60. The Morgan fingerprint density at radius 1 is 1.12 bits per heavy atom. The zero-order chi connectivity index (χ0) is 12.3. The van der Waals surface area contributed by atoms with Crippen molar-refractivity contribution in [3.8, 4) is 0 Å². The number of nitrogens with zero attached hydrogens (tertiary/aromatic N) is 1. The Bertz CT molecular complexity index is 425. The highest BCUT2D eigenvalue weighted by Gasteiger charge is 2.24. The second-order valence-electron chi connectivity index (χ2n) is 3.96. The lowest BCUT2D eigenvalue weighted by molar-refractivity contribution is -0.142. The molecule has 1 aromatic carbocycles. The minimum absolute atomic E-state index is 0.430. The lowest BCUT2D eigenvalue weighted by Crippen LogP contribution is -2.37. The zero-order valence-corrected chi connectivity index (χ0v) is 11.4. The number of amides is 2. The van der Waals surface area contributed by atoms with Gasteiger partial charge in [-0.15, -0.1) is 0 Å². The van der Waals surface area contributed by atoms with Gasteiger partial charge in [-0.05, 0) is 59.7 Å². The number of likely N-dealkylation sites (tertiary alicyclic amines) is 1. The van der Waals surface area contributed by atoms with Crippen LogP contribution in [0.1, 0.15) is 12.8 Å². The fraction of sp³-hybridized carbons (Fsp3) is 0.333. The highest BCUT2D eigenvalue weighted by molar-refractivity contribution is 14.1. The molecule has 0 atom stereocenters. The van der Waals surface area contributed by atoms with E-state index < -0.39 is 11.8 Å². The molecule has 2 rings (SSSR count). The Morgan fingerprint density at radius 3 is 2.29 bits per heavy atom. The molecule has 2 amide bonds. The molecule has 1 aliphatic rings. The minimum Gasteiger partial charge on any atom is -0.334 e. The summed E-state index contributed by atoms with van der Waals surface area (Å²) in [6.07, 6.45) is 1.98. The molecule has 17 heavy (non-hydrogen) atoms. The van der Waals surface area contributed by atoms with E-state index in [1.54, 1.807) is 17.0 Å². The van der Waals surface area contributed by atoms with Crippen LogP contribution in [0.5, 0.6) is 0 Å². The molecule has 1 aliphatic heterocycles. The van der Waals surface area contributed by atoms with Crippen molar-refractivity contribution in [3.63, 3.8) is 0 Å². The van der Waals surface area contributed by atoms with Crippen molar-refractivity contribution in [1.82, 2.24) is 4.90 Å². The second kappa shape index (κ2) is 5.48. The molecule has 1 saturated heterocycles. The molecular weight excluding hydrogens is 331 g/mol. The SMILES string of the molecule is O=C(Nc1ccc(I)cc1)C(=O)N1CCCC1. The van der Waals surface area contributed by atoms with Crippen LogP contribution in [0.2, 0.25) is 0 Å². The first-order valence-electron chi connectivity index (χ1n) is 5.52. The molecule has 0 radical (unpaired) electrons. The molecule has 0 bridgehead atoms. The van der Waals surface area contributed by atoms with Gasteiger partial charge < -0.3 is 10.2 Å². The summed E-state index contributed by atoms with van der Waals surface area (Å²) in [7, 11) is 0. The van der Waals surface area contributed by atoms with E-state index in [4.69, 9.17) is 0 Å². The van der Waals surface area contributed by atoms with Crippen molar-refractivity contribution in [1.29, 1.82) is 0 Å². The Kier molecular flexibility index (Phi) is 3.98. The van der Waals surface area contributed by atoms with Crippen LogP contribution in [0.3, 0.4) is 0 Å². The Morgan fingerprint density at radius 2 is 1.71 bits per heavy atom. The van der Waals surface area contributed by atoms with Gasteiger partial charge in [-0.25, -0.2) is 0 Å². The predicted molar refractivity (Wildman–Crippen MR) is 73.6 cm³/mol. The first-order chi connectivity index (χ1) is 8.16. The fourth-order valence-electron chi connectivity index (χ4n) is 1.78. The Labute approximate surface area is 114 Å². The van der Waals surface area contributed by atoms with Crippen LogP contribution in [0, 0.1) is 3.57 Å². The summed E-state index contributed by atoms with van der Waals surface area (Å²) >= 11 is 2.19. The third-order valence-corrected chi connectivity index (χ3v) is 3.41. The molecule has 0 aliphatic carbocycles. The standard InChI is InChI=1S/C12H13IN2O2/c13-9-3-5-10(6-4-9)14-11(16)12(17)15-7-1-2-8-15/h3-6H,1-2,7-8H2,(H,14,16). The van der Waals surface area contributed by atoms with Crippen LogP contribution < -0.4 is 5.32 Å². The average Bonchev–Trinajstić information content (AvgIpc) is 2.84. The molecule has 0 saturated carbocycles. The number of carbonyl (C=O) groups excluding carboxylic acids is 2. The number of benzene rings is 1. The summed E-state index contributed by atoms with van der Waals surface area (Å²) in [5.41, 5.74) is 0.656. The Hall–Kier alpha value is -1.11. The zero-order valence-electron chi connectivity index (χ0n) is 9.28. The number of nitrogens with one attached hydrogen (secondary N) is 1. The maximum absolute atomic E-state index is 11.7. The van der Waals surface area contributed by atoms with Crippen LogP contribution in [0.15, 0.2) is 24.3 Å².